The number of methoxy groups -OCH3 is 1. The first-order valence-electron chi connectivity index (χ1n) is 8.22. The highest BCUT2D eigenvalue weighted by Gasteiger charge is 2.14. The van der Waals surface area contributed by atoms with Crippen LogP contribution in [0.2, 0.25) is 0 Å². The van der Waals surface area contributed by atoms with Gasteiger partial charge in [-0.2, -0.15) is 0 Å². The molecule has 134 valence electrons. The van der Waals surface area contributed by atoms with Gasteiger partial charge in [-0.25, -0.2) is 4.79 Å². The summed E-state index contributed by atoms with van der Waals surface area (Å²) in [7, 11) is 1.59. The van der Waals surface area contributed by atoms with E-state index in [9.17, 15) is 9.59 Å². The van der Waals surface area contributed by atoms with E-state index in [1.54, 1.807) is 25.3 Å². The summed E-state index contributed by atoms with van der Waals surface area (Å²) in [5.74, 6) is 0.867. The SMILES string of the molecule is CCOc1ccc2cc(C(=O)NCc3ccc(OC)cc3)c(=O)oc2c1. The van der Waals surface area contributed by atoms with Crippen molar-refractivity contribution in [2.24, 2.45) is 0 Å². The summed E-state index contributed by atoms with van der Waals surface area (Å²) < 4.78 is 15.7. The van der Waals surface area contributed by atoms with Crippen molar-refractivity contribution >= 4 is 16.9 Å². The highest BCUT2D eigenvalue weighted by atomic mass is 16.5. The Labute approximate surface area is 150 Å². The van der Waals surface area contributed by atoms with Crippen LogP contribution in [0.4, 0.5) is 0 Å². The Hall–Kier alpha value is -3.28. The zero-order valence-electron chi connectivity index (χ0n) is 14.6. The van der Waals surface area contributed by atoms with Crippen molar-refractivity contribution in [1.82, 2.24) is 5.32 Å². The van der Waals surface area contributed by atoms with Crippen LogP contribution in [0.25, 0.3) is 11.0 Å². The van der Waals surface area contributed by atoms with Crippen molar-refractivity contribution in [3.63, 3.8) is 0 Å². The minimum absolute atomic E-state index is 0.0322. The zero-order valence-corrected chi connectivity index (χ0v) is 14.6. The summed E-state index contributed by atoms with van der Waals surface area (Å²) in [4.78, 5) is 24.5. The summed E-state index contributed by atoms with van der Waals surface area (Å²) >= 11 is 0. The largest absolute Gasteiger partial charge is 0.497 e. The second kappa shape index (κ2) is 7.74. The monoisotopic (exact) mass is 353 g/mol. The topological polar surface area (TPSA) is 77.8 Å². The minimum atomic E-state index is -0.682. The van der Waals surface area contributed by atoms with Crippen molar-refractivity contribution in [3.8, 4) is 11.5 Å². The van der Waals surface area contributed by atoms with Crippen LogP contribution < -0.4 is 20.4 Å². The maximum Gasteiger partial charge on any atom is 0.349 e. The Balaban J connectivity index is 1.77. The molecule has 3 aromatic rings. The Morgan fingerprint density at radius 2 is 1.81 bits per heavy atom. The number of hydrogen-bond acceptors (Lipinski definition) is 5. The number of ether oxygens (including phenoxy) is 2. The molecule has 0 aliphatic rings. The predicted octanol–water partition coefficient (Wildman–Crippen LogP) is 3.13. The summed E-state index contributed by atoms with van der Waals surface area (Å²) in [6, 6.07) is 14.0. The molecule has 0 unspecified atom stereocenters. The minimum Gasteiger partial charge on any atom is -0.497 e. The molecule has 6 nitrogen and oxygen atoms in total. The number of carbonyl (C=O) groups is 1. The first kappa shape index (κ1) is 17.5. The lowest BCUT2D eigenvalue weighted by Gasteiger charge is -2.07. The lowest BCUT2D eigenvalue weighted by molar-refractivity contribution is 0.0947. The summed E-state index contributed by atoms with van der Waals surface area (Å²) in [5, 5.41) is 3.38. The first-order chi connectivity index (χ1) is 12.6. The molecular formula is C20H19NO5. The van der Waals surface area contributed by atoms with Gasteiger partial charge in [-0.05, 0) is 42.8 Å². The van der Waals surface area contributed by atoms with Gasteiger partial charge in [0.05, 0.1) is 13.7 Å². The van der Waals surface area contributed by atoms with E-state index < -0.39 is 11.5 Å². The van der Waals surface area contributed by atoms with E-state index in [0.29, 0.717) is 29.9 Å². The molecular weight excluding hydrogens is 334 g/mol. The smallest absolute Gasteiger partial charge is 0.349 e. The summed E-state index contributed by atoms with van der Waals surface area (Å²) in [5.41, 5.74) is 0.562. The van der Waals surface area contributed by atoms with E-state index in [2.05, 4.69) is 5.32 Å². The number of amides is 1. The molecule has 0 saturated heterocycles. The normalized spacial score (nSPS) is 10.5. The molecule has 0 radical (unpaired) electrons. The highest BCUT2D eigenvalue weighted by Crippen LogP contribution is 2.20. The Morgan fingerprint density at radius 1 is 1.08 bits per heavy atom. The van der Waals surface area contributed by atoms with E-state index in [0.717, 1.165) is 11.3 Å². The molecule has 0 bridgehead atoms. The van der Waals surface area contributed by atoms with Gasteiger partial charge in [0.2, 0.25) is 0 Å². The van der Waals surface area contributed by atoms with E-state index in [1.807, 2.05) is 31.2 Å². The third-order valence-electron chi connectivity index (χ3n) is 3.88. The molecule has 0 atom stereocenters. The molecule has 6 heteroatoms. The van der Waals surface area contributed by atoms with E-state index in [1.165, 1.54) is 6.07 Å². The van der Waals surface area contributed by atoms with E-state index in [4.69, 9.17) is 13.9 Å². The van der Waals surface area contributed by atoms with Gasteiger partial charge < -0.3 is 19.2 Å². The lowest BCUT2D eigenvalue weighted by atomic mass is 10.1. The molecule has 3 rings (SSSR count). The van der Waals surface area contributed by atoms with E-state index >= 15 is 0 Å². The van der Waals surface area contributed by atoms with Crippen LogP contribution in [-0.2, 0) is 6.54 Å². The van der Waals surface area contributed by atoms with Gasteiger partial charge in [0.25, 0.3) is 5.91 Å². The summed E-state index contributed by atoms with van der Waals surface area (Å²) in [6.45, 7) is 2.68. The van der Waals surface area contributed by atoms with Crippen LogP contribution in [0.15, 0.2) is 57.7 Å². The average molecular weight is 353 g/mol. The molecule has 0 aliphatic carbocycles. The number of fused-ring (bicyclic) bond motifs is 1. The lowest BCUT2D eigenvalue weighted by Crippen LogP contribution is -2.27. The van der Waals surface area contributed by atoms with Crippen LogP contribution in [0.5, 0.6) is 11.5 Å². The Morgan fingerprint density at radius 3 is 2.50 bits per heavy atom. The molecule has 1 amide bonds. The van der Waals surface area contributed by atoms with Gasteiger partial charge in [-0.15, -0.1) is 0 Å². The number of hydrogen-bond donors (Lipinski definition) is 1. The number of rotatable bonds is 6. The van der Waals surface area contributed by atoms with E-state index in [-0.39, 0.29) is 5.56 Å². The number of carbonyl (C=O) groups excluding carboxylic acids is 1. The maximum atomic E-state index is 12.4. The van der Waals surface area contributed by atoms with Gasteiger partial charge >= 0.3 is 5.63 Å². The van der Waals surface area contributed by atoms with Gasteiger partial charge in [-0.3, -0.25) is 4.79 Å². The zero-order chi connectivity index (χ0) is 18.5. The molecule has 0 aliphatic heterocycles. The van der Waals surface area contributed by atoms with Crippen LogP contribution in [-0.4, -0.2) is 19.6 Å². The molecule has 0 fully saturated rings. The maximum absolute atomic E-state index is 12.4. The van der Waals surface area contributed by atoms with Gasteiger partial charge in [-0.1, -0.05) is 12.1 Å². The third kappa shape index (κ3) is 3.85. The second-order valence-corrected chi connectivity index (χ2v) is 5.61. The molecule has 0 saturated carbocycles. The van der Waals surface area contributed by atoms with Crippen molar-refractivity contribution in [2.45, 2.75) is 13.5 Å². The fraction of sp³-hybridized carbons (Fsp3) is 0.200. The second-order valence-electron chi connectivity index (χ2n) is 5.61. The van der Waals surface area contributed by atoms with Crippen molar-refractivity contribution in [1.29, 1.82) is 0 Å². The van der Waals surface area contributed by atoms with Crippen molar-refractivity contribution < 1.29 is 18.7 Å². The quantitative estimate of drug-likeness (QED) is 0.689. The molecule has 1 N–H and O–H groups in total. The Kier molecular flexibility index (Phi) is 5.22. The van der Waals surface area contributed by atoms with Crippen LogP contribution >= 0.6 is 0 Å². The molecule has 2 aromatic carbocycles. The van der Waals surface area contributed by atoms with Gasteiger partial charge in [0.1, 0.15) is 22.6 Å². The number of nitrogens with one attached hydrogen (secondary N) is 1. The summed E-state index contributed by atoms with van der Waals surface area (Å²) in [6.07, 6.45) is 0. The van der Waals surface area contributed by atoms with Crippen LogP contribution in [0, 0.1) is 0 Å². The molecule has 1 aromatic heterocycles. The van der Waals surface area contributed by atoms with Crippen LogP contribution in [0.3, 0.4) is 0 Å². The standard InChI is InChI=1S/C20H19NO5/c1-3-25-16-9-6-14-10-17(20(23)26-18(14)11-16)19(22)21-12-13-4-7-15(24-2)8-5-13/h4-11H,3,12H2,1-2H3,(H,21,22). The first-order valence-corrected chi connectivity index (χ1v) is 8.22. The Bertz CT molecular complexity index is 976. The molecule has 1 heterocycles. The third-order valence-corrected chi connectivity index (χ3v) is 3.88. The van der Waals surface area contributed by atoms with Crippen molar-refractivity contribution in [3.05, 3.63) is 70.1 Å². The fourth-order valence-corrected chi connectivity index (χ4v) is 2.53. The molecule has 26 heavy (non-hydrogen) atoms. The average Bonchev–Trinajstić information content (AvgIpc) is 2.66. The number of benzene rings is 2. The fourth-order valence-electron chi connectivity index (χ4n) is 2.53. The predicted molar refractivity (Wildman–Crippen MR) is 97.8 cm³/mol. The molecule has 0 spiro atoms. The van der Waals surface area contributed by atoms with Gasteiger partial charge in [0, 0.05) is 18.0 Å². The van der Waals surface area contributed by atoms with Gasteiger partial charge in [0.15, 0.2) is 0 Å². The van der Waals surface area contributed by atoms with Crippen LogP contribution in [0.1, 0.15) is 22.8 Å². The highest BCUT2D eigenvalue weighted by molar-refractivity contribution is 5.96. The van der Waals surface area contributed by atoms with Crippen molar-refractivity contribution in [2.75, 3.05) is 13.7 Å².